The Balaban J connectivity index is 1.91. The van der Waals surface area contributed by atoms with Gasteiger partial charge in [0.15, 0.2) is 0 Å². The van der Waals surface area contributed by atoms with Crippen molar-refractivity contribution in [1.82, 2.24) is 4.57 Å². The maximum Gasteiger partial charge on any atom is 0.274 e. The Hall–Kier alpha value is -2.13. The number of benzene rings is 1. The van der Waals surface area contributed by atoms with Gasteiger partial charge in [-0.1, -0.05) is 6.07 Å². The topological polar surface area (TPSA) is 51.5 Å². The largest absolute Gasteiger partial charge is 0.497 e. The zero-order valence-corrected chi connectivity index (χ0v) is 15.0. The van der Waals surface area contributed by atoms with E-state index in [0.29, 0.717) is 25.2 Å². The van der Waals surface area contributed by atoms with Gasteiger partial charge in [0, 0.05) is 31.6 Å². The van der Waals surface area contributed by atoms with Crippen molar-refractivity contribution in [3.63, 3.8) is 0 Å². The highest BCUT2D eigenvalue weighted by Crippen LogP contribution is 2.31. The molecule has 1 aliphatic heterocycles. The third kappa shape index (κ3) is 2.96. The predicted octanol–water partition coefficient (Wildman–Crippen LogP) is 1.90. The van der Waals surface area contributed by atoms with E-state index in [4.69, 9.17) is 4.74 Å². The van der Waals surface area contributed by atoms with Gasteiger partial charge in [0.05, 0.1) is 7.11 Å². The first-order valence-electron chi connectivity index (χ1n) is 7.98. The van der Waals surface area contributed by atoms with Crippen LogP contribution in [0.2, 0.25) is 0 Å². The number of carbonyl (C=O) groups is 1. The molecule has 0 aliphatic carbocycles. The summed E-state index contributed by atoms with van der Waals surface area (Å²) in [5, 5.41) is 1.02. The van der Waals surface area contributed by atoms with Crippen LogP contribution >= 0.6 is 9.24 Å². The van der Waals surface area contributed by atoms with Crippen LogP contribution in [0.1, 0.15) is 24.8 Å². The Morgan fingerprint density at radius 2 is 2.08 bits per heavy atom. The normalized spacial score (nSPS) is 17.4. The number of amides is 1. The van der Waals surface area contributed by atoms with Crippen molar-refractivity contribution in [3.05, 3.63) is 52.4 Å². The van der Waals surface area contributed by atoms with Gasteiger partial charge in [-0.3, -0.25) is 9.59 Å². The molecule has 6 heteroatoms. The number of aromatic nitrogens is 1. The molecule has 0 radical (unpaired) electrons. The minimum atomic E-state index is -0.116. The van der Waals surface area contributed by atoms with Gasteiger partial charge in [-0.15, -0.1) is 9.24 Å². The molecule has 1 unspecified atom stereocenters. The van der Waals surface area contributed by atoms with Crippen molar-refractivity contribution in [2.24, 2.45) is 0 Å². The van der Waals surface area contributed by atoms with E-state index >= 15 is 0 Å². The Labute approximate surface area is 143 Å². The third-order valence-corrected chi connectivity index (χ3v) is 4.99. The minimum Gasteiger partial charge on any atom is -0.497 e. The monoisotopic (exact) mass is 344 g/mol. The van der Waals surface area contributed by atoms with Crippen molar-refractivity contribution in [1.29, 1.82) is 0 Å². The number of pyridine rings is 1. The SMILES string of the molecule is CCn1cccc(N2C[C@@H](c3ccc(OC)cc3P)CC2=O)c1=O. The highest BCUT2D eigenvalue weighted by molar-refractivity contribution is 7.27. The van der Waals surface area contributed by atoms with Crippen LogP contribution in [0.4, 0.5) is 5.69 Å². The van der Waals surface area contributed by atoms with Gasteiger partial charge in [0.1, 0.15) is 11.4 Å². The average Bonchev–Trinajstić information content (AvgIpc) is 2.96. The molecule has 2 atom stereocenters. The average molecular weight is 344 g/mol. The predicted molar refractivity (Wildman–Crippen MR) is 98.4 cm³/mol. The first-order chi connectivity index (χ1) is 11.5. The zero-order valence-electron chi connectivity index (χ0n) is 13.9. The number of hydrogen-bond donors (Lipinski definition) is 0. The van der Waals surface area contributed by atoms with Gasteiger partial charge in [-0.05, 0) is 42.1 Å². The molecular formula is C18H21N2O3P. The summed E-state index contributed by atoms with van der Waals surface area (Å²) in [5.41, 5.74) is 1.45. The smallest absolute Gasteiger partial charge is 0.274 e. The van der Waals surface area contributed by atoms with E-state index < -0.39 is 0 Å². The Bertz CT molecular complexity index is 831. The summed E-state index contributed by atoms with van der Waals surface area (Å²) in [6.45, 7) is 3.03. The number of nitrogens with zero attached hydrogens (tertiary/aromatic N) is 2. The molecule has 1 amide bonds. The molecule has 1 aromatic carbocycles. The molecule has 0 N–H and O–H groups in total. The minimum absolute atomic E-state index is 0.00817. The van der Waals surface area contributed by atoms with E-state index in [1.165, 1.54) is 0 Å². The summed E-state index contributed by atoms with van der Waals surface area (Å²) in [6.07, 6.45) is 2.16. The van der Waals surface area contributed by atoms with E-state index in [1.807, 2.05) is 31.2 Å². The van der Waals surface area contributed by atoms with Gasteiger partial charge in [0.2, 0.25) is 5.91 Å². The van der Waals surface area contributed by atoms with Crippen molar-refractivity contribution in [2.75, 3.05) is 18.6 Å². The lowest BCUT2D eigenvalue weighted by atomic mass is 9.98. The van der Waals surface area contributed by atoms with Crippen LogP contribution < -0.4 is 20.5 Å². The van der Waals surface area contributed by atoms with Crippen LogP contribution in [0.3, 0.4) is 0 Å². The summed E-state index contributed by atoms with van der Waals surface area (Å²) < 4.78 is 6.85. The number of methoxy groups -OCH3 is 1. The summed E-state index contributed by atoms with van der Waals surface area (Å²) in [5.74, 6) is 0.857. The molecule has 0 bridgehead atoms. The number of carbonyl (C=O) groups excluding carboxylic acids is 1. The van der Waals surface area contributed by atoms with E-state index in [9.17, 15) is 9.59 Å². The van der Waals surface area contributed by atoms with Crippen LogP contribution in [0, 0.1) is 0 Å². The summed E-state index contributed by atoms with van der Waals surface area (Å²) in [6, 6.07) is 9.39. The number of aryl methyl sites for hydroxylation is 1. The molecule has 126 valence electrons. The molecule has 1 saturated heterocycles. The molecule has 2 aromatic rings. The Morgan fingerprint density at radius 1 is 1.29 bits per heavy atom. The first-order valence-corrected chi connectivity index (χ1v) is 8.56. The van der Waals surface area contributed by atoms with Crippen LogP contribution in [-0.4, -0.2) is 24.1 Å². The molecule has 1 aromatic heterocycles. The maximum absolute atomic E-state index is 12.5. The Kier molecular flexibility index (Phi) is 4.72. The molecule has 1 fully saturated rings. The molecule has 2 heterocycles. The van der Waals surface area contributed by atoms with Crippen LogP contribution in [-0.2, 0) is 11.3 Å². The summed E-state index contributed by atoms with van der Waals surface area (Å²) in [7, 11) is 4.34. The fourth-order valence-electron chi connectivity index (χ4n) is 3.18. The quantitative estimate of drug-likeness (QED) is 0.796. The lowest BCUT2D eigenvalue weighted by Crippen LogP contribution is -2.33. The fraction of sp³-hybridized carbons (Fsp3) is 0.333. The molecule has 0 spiro atoms. The molecule has 5 nitrogen and oxygen atoms in total. The number of ether oxygens (including phenoxy) is 1. The standard InChI is InChI=1S/C18H21N2O3P/c1-3-19-8-4-5-15(18(19)22)20-11-12(9-17(20)21)14-7-6-13(23-2)10-16(14)24/h4-8,10,12H,3,9,11,24H2,1-2H3/t12-/m0/s1. The van der Waals surface area contributed by atoms with Crippen molar-refractivity contribution in [3.8, 4) is 5.75 Å². The van der Waals surface area contributed by atoms with E-state index in [-0.39, 0.29) is 17.4 Å². The van der Waals surface area contributed by atoms with Crippen molar-refractivity contribution in [2.45, 2.75) is 25.8 Å². The fourth-order valence-corrected chi connectivity index (χ4v) is 3.68. The number of hydrogen-bond acceptors (Lipinski definition) is 3. The lowest BCUT2D eigenvalue weighted by molar-refractivity contribution is -0.117. The van der Waals surface area contributed by atoms with Gasteiger partial charge in [0.25, 0.3) is 5.56 Å². The van der Waals surface area contributed by atoms with Crippen LogP contribution in [0.5, 0.6) is 5.75 Å². The molecule has 1 aliphatic rings. The second kappa shape index (κ2) is 6.78. The summed E-state index contributed by atoms with van der Waals surface area (Å²) >= 11 is 0. The van der Waals surface area contributed by atoms with Gasteiger partial charge in [-0.2, -0.15) is 0 Å². The second-order valence-corrected chi connectivity index (χ2v) is 6.51. The lowest BCUT2D eigenvalue weighted by Gasteiger charge is -2.18. The number of rotatable bonds is 4. The van der Waals surface area contributed by atoms with E-state index in [2.05, 4.69) is 9.24 Å². The van der Waals surface area contributed by atoms with Crippen molar-refractivity contribution >= 4 is 26.1 Å². The molecule has 24 heavy (non-hydrogen) atoms. The van der Waals surface area contributed by atoms with Gasteiger partial charge < -0.3 is 14.2 Å². The summed E-state index contributed by atoms with van der Waals surface area (Å²) in [4.78, 5) is 26.6. The third-order valence-electron chi connectivity index (χ3n) is 4.49. The van der Waals surface area contributed by atoms with E-state index in [1.54, 1.807) is 28.8 Å². The number of anilines is 1. The first kappa shape index (κ1) is 16.7. The molecular weight excluding hydrogens is 323 g/mol. The molecule has 0 saturated carbocycles. The van der Waals surface area contributed by atoms with Gasteiger partial charge in [-0.25, -0.2) is 0 Å². The highest BCUT2D eigenvalue weighted by Gasteiger charge is 2.33. The van der Waals surface area contributed by atoms with Crippen LogP contribution in [0.15, 0.2) is 41.3 Å². The van der Waals surface area contributed by atoms with E-state index in [0.717, 1.165) is 16.6 Å². The second-order valence-electron chi connectivity index (χ2n) is 5.88. The maximum atomic E-state index is 12.5. The Morgan fingerprint density at radius 3 is 2.75 bits per heavy atom. The van der Waals surface area contributed by atoms with Crippen LogP contribution in [0.25, 0.3) is 0 Å². The molecule has 3 rings (SSSR count). The van der Waals surface area contributed by atoms with Crippen molar-refractivity contribution < 1.29 is 9.53 Å². The zero-order chi connectivity index (χ0) is 17.3. The van der Waals surface area contributed by atoms with Gasteiger partial charge >= 0.3 is 0 Å². The highest BCUT2D eigenvalue weighted by atomic mass is 31.0.